The predicted octanol–water partition coefficient (Wildman–Crippen LogP) is 4.34. The van der Waals surface area contributed by atoms with Gasteiger partial charge in [0.25, 0.3) is 0 Å². The zero-order valence-corrected chi connectivity index (χ0v) is 16.6. The zero-order valence-electron chi connectivity index (χ0n) is 14.9. The monoisotopic (exact) mass is 383 g/mol. The summed E-state index contributed by atoms with van der Waals surface area (Å²) in [5, 5.41) is 3.09. The number of carbonyl (C=O) groups is 1. The average molecular weight is 384 g/mol. The predicted molar refractivity (Wildman–Crippen MR) is 111 cm³/mol. The third-order valence-corrected chi connectivity index (χ3v) is 6.82. The molecule has 0 bridgehead atoms. The largest absolute Gasteiger partial charge is 0.345 e. The van der Waals surface area contributed by atoms with Crippen LogP contribution in [0.25, 0.3) is 16.3 Å². The second-order valence-corrected chi connectivity index (χ2v) is 8.49. The molecule has 1 aliphatic rings. The summed E-state index contributed by atoms with van der Waals surface area (Å²) in [6.45, 7) is 7.39. The summed E-state index contributed by atoms with van der Waals surface area (Å²) in [5.41, 5.74) is 3.62. The summed E-state index contributed by atoms with van der Waals surface area (Å²) in [4.78, 5) is 22.6. The van der Waals surface area contributed by atoms with Crippen molar-refractivity contribution < 1.29 is 4.79 Å². The van der Waals surface area contributed by atoms with Gasteiger partial charge in [-0.1, -0.05) is 29.5 Å². The van der Waals surface area contributed by atoms with Gasteiger partial charge in [0.2, 0.25) is 5.91 Å². The van der Waals surface area contributed by atoms with Gasteiger partial charge in [-0.3, -0.25) is 4.79 Å². The fourth-order valence-electron chi connectivity index (χ4n) is 3.15. The lowest BCUT2D eigenvalue weighted by molar-refractivity contribution is -0.126. The molecular weight excluding hydrogens is 362 g/mol. The van der Waals surface area contributed by atoms with Crippen molar-refractivity contribution in [1.82, 2.24) is 9.88 Å². The standard InChI is InChI=1S/C20H21N3OS2/c1-14-5-6-15(2)19-18(14)21-20(26-19)23-11-9-22(10-12-23)17(24)8-7-16-4-3-13-25-16/h3-8,13H,9-12H2,1-2H3/b8-7+. The van der Waals surface area contributed by atoms with Crippen LogP contribution < -0.4 is 4.90 Å². The fraction of sp³-hybridized carbons (Fsp3) is 0.300. The molecular formula is C20H21N3OS2. The highest BCUT2D eigenvalue weighted by Crippen LogP contribution is 2.33. The van der Waals surface area contributed by atoms with Crippen LogP contribution in [0.4, 0.5) is 5.13 Å². The molecule has 0 unspecified atom stereocenters. The third kappa shape index (κ3) is 3.39. The van der Waals surface area contributed by atoms with E-state index in [1.807, 2.05) is 28.5 Å². The molecule has 3 aromatic rings. The number of carbonyl (C=O) groups excluding carboxylic acids is 1. The van der Waals surface area contributed by atoms with Crippen LogP contribution in [0.15, 0.2) is 35.7 Å². The van der Waals surface area contributed by atoms with Gasteiger partial charge in [-0.2, -0.15) is 0 Å². The first-order valence-corrected chi connectivity index (χ1v) is 10.4. The van der Waals surface area contributed by atoms with E-state index in [2.05, 4.69) is 30.9 Å². The molecule has 4 rings (SSSR count). The van der Waals surface area contributed by atoms with Crippen molar-refractivity contribution in [2.24, 2.45) is 0 Å². The summed E-state index contributed by atoms with van der Waals surface area (Å²) in [6.07, 6.45) is 3.59. The Bertz CT molecular complexity index is 912. The number of hydrogen-bond acceptors (Lipinski definition) is 5. The number of piperazine rings is 1. The Morgan fingerprint density at radius 3 is 2.58 bits per heavy atom. The molecule has 0 atom stereocenters. The number of thiazole rings is 1. The van der Waals surface area contributed by atoms with Gasteiger partial charge < -0.3 is 9.80 Å². The maximum atomic E-state index is 12.4. The van der Waals surface area contributed by atoms with Gasteiger partial charge in [0.15, 0.2) is 5.13 Å². The van der Waals surface area contributed by atoms with Gasteiger partial charge >= 0.3 is 0 Å². The van der Waals surface area contributed by atoms with E-state index in [0.29, 0.717) is 0 Å². The summed E-state index contributed by atoms with van der Waals surface area (Å²) in [6, 6.07) is 8.31. The minimum atomic E-state index is 0.0917. The fourth-order valence-corrected chi connectivity index (χ4v) is 4.93. The van der Waals surface area contributed by atoms with E-state index in [0.717, 1.165) is 41.7 Å². The molecule has 0 spiro atoms. The van der Waals surface area contributed by atoms with Gasteiger partial charge in [-0.05, 0) is 42.5 Å². The summed E-state index contributed by atoms with van der Waals surface area (Å²) < 4.78 is 1.28. The molecule has 1 saturated heterocycles. The molecule has 6 heteroatoms. The first kappa shape index (κ1) is 17.2. The Labute approximate surface area is 161 Å². The Morgan fingerprint density at radius 1 is 1.12 bits per heavy atom. The lowest BCUT2D eigenvalue weighted by Crippen LogP contribution is -2.48. The van der Waals surface area contributed by atoms with Gasteiger partial charge in [0.1, 0.15) is 0 Å². The molecule has 26 heavy (non-hydrogen) atoms. The smallest absolute Gasteiger partial charge is 0.246 e. The van der Waals surface area contributed by atoms with Crippen molar-refractivity contribution in [3.8, 4) is 0 Å². The SMILES string of the molecule is Cc1ccc(C)c2sc(N3CCN(C(=O)/C=C/c4cccs4)CC3)nc12. The van der Waals surface area contributed by atoms with Gasteiger partial charge in [0.05, 0.1) is 10.2 Å². The molecule has 2 aromatic heterocycles. The van der Waals surface area contributed by atoms with E-state index in [9.17, 15) is 4.79 Å². The van der Waals surface area contributed by atoms with Crippen LogP contribution in [0.5, 0.6) is 0 Å². The number of thiophene rings is 1. The zero-order chi connectivity index (χ0) is 18.1. The first-order chi connectivity index (χ1) is 12.6. The molecule has 1 fully saturated rings. The van der Waals surface area contributed by atoms with Crippen LogP contribution in [0.2, 0.25) is 0 Å². The Hall–Kier alpha value is -2.18. The number of aryl methyl sites for hydroxylation is 2. The van der Waals surface area contributed by atoms with E-state index in [4.69, 9.17) is 4.98 Å². The lowest BCUT2D eigenvalue weighted by atomic mass is 10.1. The minimum Gasteiger partial charge on any atom is -0.345 e. The van der Waals surface area contributed by atoms with Crippen LogP contribution in [0.1, 0.15) is 16.0 Å². The van der Waals surface area contributed by atoms with Crippen molar-refractivity contribution in [2.45, 2.75) is 13.8 Å². The minimum absolute atomic E-state index is 0.0917. The lowest BCUT2D eigenvalue weighted by Gasteiger charge is -2.34. The van der Waals surface area contributed by atoms with Crippen molar-refractivity contribution in [3.05, 3.63) is 51.7 Å². The van der Waals surface area contributed by atoms with Crippen molar-refractivity contribution in [3.63, 3.8) is 0 Å². The number of rotatable bonds is 3. The molecule has 0 aliphatic carbocycles. The number of amides is 1. The molecule has 1 aliphatic heterocycles. The number of hydrogen-bond donors (Lipinski definition) is 0. The highest BCUT2D eigenvalue weighted by atomic mass is 32.1. The molecule has 3 heterocycles. The first-order valence-electron chi connectivity index (χ1n) is 8.74. The van der Waals surface area contributed by atoms with Crippen LogP contribution in [-0.4, -0.2) is 42.0 Å². The van der Waals surface area contributed by atoms with E-state index >= 15 is 0 Å². The maximum absolute atomic E-state index is 12.4. The van der Waals surface area contributed by atoms with Gasteiger partial charge in [-0.25, -0.2) is 4.98 Å². The topological polar surface area (TPSA) is 36.4 Å². The number of fused-ring (bicyclic) bond motifs is 1. The number of benzene rings is 1. The number of nitrogens with zero attached hydrogens (tertiary/aromatic N) is 3. The van der Waals surface area contributed by atoms with Crippen molar-refractivity contribution in [2.75, 3.05) is 31.1 Å². The highest BCUT2D eigenvalue weighted by molar-refractivity contribution is 7.22. The molecule has 0 saturated carbocycles. The summed E-state index contributed by atoms with van der Waals surface area (Å²) in [5.74, 6) is 0.0917. The van der Waals surface area contributed by atoms with Gasteiger partial charge in [-0.15, -0.1) is 11.3 Å². The molecule has 0 radical (unpaired) electrons. The van der Waals surface area contributed by atoms with Gasteiger partial charge in [0, 0.05) is 37.1 Å². The summed E-state index contributed by atoms with van der Waals surface area (Å²) >= 11 is 3.40. The second kappa shape index (κ2) is 7.21. The van der Waals surface area contributed by atoms with Crippen molar-refractivity contribution >= 4 is 50.0 Å². The van der Waals surface area contributed by atoms with E-state index in [1.165, 1.54) is 15.8 Å². The molecule has 4 nitrogen and oxygen atoms in total. The molecule has 134 valence electrons. The summed E-state index contributed by atoms with van der Waals surface area (Å²) in [7, 11) is 0. The van der Waals surface area contributed by atoms with Crippen LogP contribution in [0, 0.1) is 13.8 Å². The number of aromatic nitrogens is 1. The van der Waals surface area contributed by atoms with Crippen LogP contribution in [0.3, 0.4) is 0 Å². The number of anilines is 1. The van der Waals surface area contributed by atoms with E-state index in [1.54, 1.807) is 28.7 Å². The molecule has 1 amide bonds. The second-order valence-electron chi connectivity index (χ2n) is 6.53. The Kier molecular flexibility index (Phi) is 4.78. The quantitative estimate of drug-likeness (QED) is 0.632. The average Bonchev–Trinajstić information content (AvgIpc) is 3.33. The third-order valence-electron chi connectivity index (χ3n) is 4.73. The highest BCUT2D eigenvalue weighted by Gasteiger charge is 2.22. The van der Waals surface area contributed by atoms with Crippen LogP contribution in [-0.2, 0) is 4.79 Å². The van der Waals surface area contributed by atoms with E-state index < -0.39 is 0 Å². The van der Waals surface area contributed by atoms with Crippen LogP contribution >= 0.6 is 22.7 Å². The Morgan fingerprint density at radius 2 is 1.88 bits per heavy atom. The maximum Gasteiger partial charge on any atom is 0.246 e. The molecule has 0 N–H and O–H groups in total. The Balaban J connectivity index is 1.43. The van der Waals surface area contributed by atoms with E-state index in [-0.39, 0.29) is 5.91 Å². The van der Waals surface area contributed by atoms with Crippen molar-refractivity contribution in [1.29, 1.82) is 0 Å². The normalized spacial score (nSPS) is 15.3. The molecule has 1 aromatic carbocycles.